The molecule has 0 spiro atoms. The Hall–Kier alpha value is -5.80. The van der Waals surface area contributed by atoms with Crippen LogP contribution in [0.1, 0.15) is 0 Å². The summed E-state index contributed by atoms with van der Waals surface area (Å²) in [6.07, 6.45) is 0. The minimum absolute atomic E-state index is 0.709. The second kappa shape index (κ2) is 10.6. The molecule has 0 N–H and O–H groups in total. The van der Waals surface area contributed by atoms with E-state index in [-0.39, 0.29) is 0 Å². The van der Waals surface area contributed by atoms with Gasteiger partial charge in [0.25, 0.3) is 0 Å². The molecule has 0 unspecified atom stereocenters. The third-order valence-corrected chi connectivity index (χ3v) is 8.04. The van der Waals surface area contributed by atoms with Gasteiger partial charge in [0.15, 0.2) is 5.82 Å². The third kappa shape index (κ3) is 4.30. The number of hydrogen-bond donors (Lipinski definition) is 0. The second-order valence-corrected chi connectivity index (χ2v) is 10.6. The molecule has 0 saturated heterocycles. The van der Waals surface area contributed by atoms with Crippen LogP contribution in [0.4, 0.5) is 0 Å². The number of hydrogen-bond acceptors (Lipinski definition) is 2. The lowest BCUT2D eigenvalue weighted by atomic mass is 9.96. The maximum absolute atomic E-state index is 5.46. The molecule has 8 aromatic rings. The second-order valence-electron chi connectivity index (χ2n) is 10.6. The summed E-state index contributed by atoms with van der Waals surface area (Å²) in [7, 11) is 0. The van der Waals surface area contributed by atoms with Crippen molar-refractivity contribution in [3.8, 4) is 50.6 Å². The smallest absolute Gasteiger partial charge is 0.161 e. The molecule has 3 nitrogen and oxygen atoms in total. The van der Waals surface area contributed by atoms with Crippen LogP contribution in [-0.2, 0) is 0 Å². The van der Waals surface area contributed by atoms with Crippen LogP contribution < -0.4 is 0 Å². The number of nitrogens with zero attached hydrogens (tertiary/aromatic N) is 3. The highest BCUT2D eigenvalue weighted by Gasteiger charge is 2.23. The van der Waals surface area contributed by atoms with Crippen molar-refractivity contribution in [1.29, 1.82) is 0 Å². The highest BCUT2D eigenvalue weighted by molar-refractivity contribution is 6.12. The molecule has 0 saturated carbocycles. The topological polar surface area (TPSA) is 30.7 Å². The highest BCUT2D eigenvalue weighted by Crippen LogP contribution is 2.41. The van der Waals surface area contributed by atoms with Gasteiger partial charge in [-0.25, -0.2) is 9.97 Å². The van der Waals surface area contributed by atoms with Crippen molar-refractivity contribution in [1.82, 2.24) is 14.5 Å². The number of fused-ring (bicyclic) bond motifs is 3. The molecule has 202 valence electrons. The zero-order chi connectivity index (χ0) is 28.6. The number of benzene rings is 6. The summed E-state index contributed by atoms with van der Waals surface area (Å²) >= 11 is 0. The fourth-order valence-electron chi connectivity index (χ4n) is 6.10. The van der Waals surface area contributed by atoms with Crippen molar-refractivity contribution in [2.75, 3.05) is 0 Å². The Morgan fingerprint density at radius 1 is 0.395 bits per heavy atom. The Morgan fingerprint density at radius 2 is 0.884 bits per heavy atom. The van der Waals surface area contributed by atoms with Crippen LogP contribution in [0.5, 0.6) is 0 Å². The molecule has 8 rings (SSSR count). The summed E-state index contributed by atoms with van der Waals surface area (Å²) in [5, 5.41) is 1.10. The lowest BCUT2D eigenvalue weighted by Crippen LogP contribution is -2.01. The third-order valence-electron chi connectivity index (χ3n) is 8.04. The molecule has 2 heterocycles. The summed E-state index contributed by atoms with van der Waals surface area (Å²) in [6, 6.07) is 57.1. The molecule has 0 fully saturated rings. The van der Waals surface area contributed by atoms with Gasteiger partial charge in [-0.1, -0.05) is 146 Å². The molecule has 0 amide bonds. The Morgan fingerprint density at radius 3 is 1.53 bits per heavy atom. The van der Waals surface area contributed by atoms with E-state index in [1.807, 2.05) is 6.07 Å². The lowest BCUT2D eigenvalue weighted by molar-refractivity contribution is 1.15. The molecule has 2 aromatic heterocycles. The van der Waals surface area contributed by atoms with Crippen LogP contribution >= 0.6 is 0 Å². The fraction of sp³-hybridized carbons (Fsp3) is 0. The summed E-state index contributed by atoms with van der Waals surface area (Å²) in [5.41, 5.74) is 11.6. The summed E-state index contributed by atoms with van der Waals surface area (Å²) in [4.78, 5) is 10.8. The van der Waals surface area contributed by atoms with Crippen LogP contribution in [-0.4, -0.2) is 14.5 Å². The first-order valence-electron chi connectivity index (χ1n) is 14.5. The summed E-state index contributed by atoms with van der Waals surface area (Å²) in [5.74, 6) is 0.709. The Labute approximate surface area is 250 Å². The highest BCUT2D eigenvalue weighted by atomic mass is 15.0. The lowest BCUT2D eigenvalue weighted by Gasteiger charge is -2.16. The Bertz CT molecular complexity index is 2220. The van der Waals surface area contributed by atoms with Gasteiger partial charge >= 0.3 is 0 Å². The van der Waals surface area contributed by atoms with Crippen molar-refractivity contribution < 1.29 is 0 Å². The van der Waals surface area contributed by atoms with Crippen molar-refractivity contribution in [2.45, 2.75) is 0 Å². The van der Waals surface area contributed by atoms with E-state index in [4.69, 9.17) is 9.97 Å². The molecule has 3 heteroatoms. The maximum atomic E-state index is 5.46. The minimum atomic E-state index is 0.709. The van der Waals surface area contributed by atoms with Crippen LogP contribution in [0.15, 0.2) is 164 Å². The first-order chi connectivity index (χ1) is 21.4. The molecule has 0 bridgehead atoms. The summed E-state index contributed by atoms with van der Waals surface area (Å²) < 4.78 is 2.31. The van der Waals surface area contributed by atoms with Crippen molar-refractivity contribution in [2.24, 2.45) is 0 Å². The predicted octanol–water partition coefficient (Wildman–Crippen LogP) is 10.2. The Balaban J connectivity index is 1.52. The van der Waals surface area contributed by atoms with Gasteiger partial charge in [0, 0.05) is 22.2 Å². The largest absolute Gasteiger partial charge is 0.306 e. The standard InChI is InChI=1S/C40H27N3/c1-4-16-28(17-5-1)31-22-10-12-24-33(31)37-39-38(35-26-14-15-27-36(35)43(39)30-20-8-3-9-21-30)42-40(41-37)34-25-13-11-23-32(34)29-18-6-2-7-19-29/h1-27H. The van der Waals surface area contributed by atoms with Gasteiger partial charge in [-0.2, -0.15) is 0 Å². The first kappa shape index (κ1) is 25.0. The average molecular weight is 550 g/mol. The molecular formula is C40H27N3. The fourth-order valence-corrected chi connectivity index (χ4v) is 6.10. The van der Waals surface area contributed by atoms with Gasteiger partial charge in [0.1, 0.15) is 5.52 Å². The van der Waals surface area contributed by atoms with E-state index in [1.54, 1.807) is 0 Å². The van der Waals surface area contributed by atoms with Gasteiger partial charge in [-0.15, -0.1) is 0 Å². The molecule has 0 radical (unpaired) electrons. The Kier molecular flexibility index (Phi) is 6.12. The van der Waals surface area contributed by atoms with Gasteiger partial charge in [-0.3, -0.25) is 0 Å². The van der Waals surface area contributed by atoms with Gasteiger partial charge in [-0.05, 0) is 40.5 Å². The quantitative estimate of drug-likeness (QED) is 0.214. The van der Waals surface area contributed by atoms with Crippen LogP contribution in [0.2, 0.25) is 0 Å². The maximum Gasteiger partial charge on any atom is 0.161 e. The summed E-state index contributed by atoms with van der Waals surface area (Å²) in [6.45, 7) is 0. The van der Waals surface area contributed by atoms with Crippen molar-refractivity contribution in [3.05, 3.63) is 164 Å². The van der Waals surface area contributed by atoms with E-state index in [2.05, 4.69) is 162 Å². The normalized spacial score (nSPS) is 11.3. The molecule has 0 aliphatic carbocycles. The SMILES string of the molecule is c1ccc(-c2ccccc2-c2nc(-c3ccccc3-c3ccccc3)c3c(n2)c2ccccc2n3-c2ccccc2)cc1. The zero-order valence-corrected chi connectivity index (χ0v) is 23.4. The van der Waals surface area contributed by atoms with E-state index < -0.39 is 0 Å². The van der Waals surface area contributed by atoms with Gasteiger partial charge < -0.3 is 4.57 Å². The zero-order valence-electron chi connectivity index (χ0n) is 23.4. The van der Waals surface area contributed by atoms with E-state index in [0.29, 0.717) is 5.82 Å². The monoisotopic (exact) mass is 549 g/mol. The van der Waals surface area contributed by atoms with E-state index in [9.17, 15) is 0 Å². The van der Waals surface area contributed by atoms with Crippen LogP contribution in [0.25, 0.3) is 72.5 Å². The van der Waals surface area contributed by atoms with Gasteiger partial charge in [0.05, 0.1) is 16.7 Å². The number of rotatable bonds is 5. The van der Waals surface area contributed by atoms with Gasteiger partial charge in [0.2, 0.25) is 0 Å². The van der Waals surface area contributed by atoms with Crippen molar-refractivity contribution in [3.63, 3.8) is 0 Å². The van der Waals surface area contributed by atoms with Crippen LogP contribution in [0, 0.1) is 0 Å². The predicted molar refractivity (Wildman–Crippen MR) is 178 cm³/mol. The molecule has 43 heavy (non-hydrogen) atoms. The first-order valence-corrected chi connectivity index (χ1v) is 14.5. The molecule has 0 aliphatic rings. The van der Waals surface area contributed by atoms with E-state index in [0.717, 1.165) is 66.7 Å². The molecule has 6 aromatic carbocycles. The van der Waals surface area contributed by atoms with Crippen molar-refractivity contribution >= 4 is 21.9 Å². The molecular weight excluding hydrogens is 522 g/mol. The number of para-hydroxylation sites is 2. The molecule has 0 atom stereocenters. The minimum Gasteiger partial charge on any atom is -0.306 e. The van der Waals surface area contributed by atoms with E-state index >= 15 is 0 Å². The molecule has 0 aliphatic heterocycles. The number of aromatic nitrogens is 3. The van der Waals surface area contributed by atoms with E-state index in [1.165, 1.54) is 0 Å². The average Bonchev–Trinajstić information content (AvgIpc) is 3.43. The van der Waals surface area contributed by atoms with Crippen LogP contribution in [0.3, 0.4) is 0 Å².